The molecule has 0 bridgehead atoms. The van der Waals surface area contributed by atoms with Gasteiger partial charge in [-0.2, -0.15) is 11.8 Å². The highest BCUT2D eigenvalue weighted by molar-refractivity contribution is 7.99. The molecule has 1 amide bonds. The Morgan fingerprint density at radius 2 is 2.12 bits per heavy atom. The Morgan fingerprint density at radius 3 is 2.85 bits per heavy atom. The maximum absolute atomic E-state index is 13.1. The summed E-state index contributed by atoms with van der Waals surface area (Å²) >= 11 is 1.88. The van der Waals surface area contributed by atoms with E-state index in [1.54, 1.807) is 19.1 Å². The van der Waals surface area contributed by atoms with Crippen LogP contribution < -0.4 is 0 Å². The van der Waals surface area contributed by atoms with Crippen LogP contribution in [-0.4, -0.2) is 77.6 Å². The predicted molar refractivity (Wildman–Crippen MR) is 102 cm³/mol. The van der Waals surface area contributed by atoms with Gasteiger partial charge in [0.2, 0.25) is 0 Å². The number of ether oxygens (including phenoxy) is 1. The van der Waals surface area contributed by atoms with Crippen LogP contribution in [0.2, 0.25) is 0 Å². The Bertz CT molecular complexity index is 664. The van der Waals surface area contributed by atoms with Crippen molar-refractivity contribution >= 4 is 23.4 Å². The van der Waals surface area contributed by atoms with E-state index in [2.05, 4.69) is 4.90 Å². The van der Waals surface area contributed by atoms with Crippen LogP contribution >= 0.6 is 11.8 Å². The molecule has 2 fully saturated rings. The van der Waals surface area contributed by atoms with Crippen LogP contribution in [0.25, 0.3) is 0 Å². The number of aryl methyl sites for hydroxylation is 1. The number of amides is 1. The van der Waals surface area contributed by atoms with Crippen molar-refractivity contribution in [3.05, 3.63) is 39.4 Å². The van der Waals surface area contributed by atoms with Gasteiger partial charge in [0.25, 0.3) is 11.6 Å². The van der Waals surface area contributed by atoms with E-state index in [0.717, 1.165) is 50.8 Å². The van der Waals surface area contributed by atoms with Crippen LogP contribution in [-0.2, 0) is 4.74 Å². The fraction of sp³-hybridized carbons (Fsp3) is 0.611. The number of carbonyl (C=O) groups excluding carboxylic acids is 1. The molecule has 142 valence electrons. The summed E-state index contributed by atoms with van der Waals surface area (Å²) in [4.78, 5) is 28.2. The number of carbonyl (C=O) groups is 1. The van der Waals surface area contributed by atoms with Crippen LogP contribution in [0.4, 0.5) is 5.69 Å². The first-order chi connectivity index (χ1) is 12.6. The molecule has 1 atom stereocenters. The third-order valence-corrected chi connectivity index (χ3v) is 6.12. The molecule has 8 heteroatoms. The third kappa shape index (κ3) is 4.55. The molecule has 0 N–H and O–H groups in total. The van der Waals surface area contributed by atoms with E-state index in [4.69, 9.17) is 4.74 Å². The summed E-state index contributed by atoms with van der Waals surface area (Å²) < 4.78 is 5.41. The number of benzene rings is 1. The summed E-state index contributed by atoms with van der Waals surface area (Å²) in [5, 5.41) is 11.2. The normalized spacial score (nSPS) is 22.0. The Morgan fingerprint density at radius 1 is 1.35 bits per heavy atom. The number of thioether (sulfide) groups is 1. The van der Waals surface area contributed by atoms with E-state index in [0.29, 0.717) is 17.7 Å². The predicted octanol–water partition coefficient (Wildman–Crippen LogP) is 2.18. The number of nitro groups is 1. The molecule has 0 spiro atoms. The van der Waals surface area contributed by atoms with E-state index in [9.17, 15) is 14.9 Å². The highest BCUT2D eigenvalue weighted by atomic mass is 32.2. The van der Waals surface area contributed by atoms with Crippen molar-refractivity contribution in [1.82, 2.24) is 9.80 Å². The second kappa shape index (κ2) is 8.83. The first-order valence-electron chi connectivity index (χ1n) is 9.00. The summed E-state index contributed by atoms with van der Waals surface area (Å²) in [5.74, 6) is 1.84. The number of rotatable bonds is 4. The average molecular weight is 379 g/mol. The van der Waals surface area contributed by atoms with Gasteiger partial charge >= 0.3 is 0 Å². The molecule has 2 heterocycles. The van der Waals surface area contributed by atoms with Crippen LogP contribution in [0.15, 0.2) is 18.2 Å². The standard InChI is InChI=1S/C18H25N3O4S/c1-14-3-4-15(11-17(14)21(23)24)18(22)20-5-2-10-26-13-16(20)12-19-6-8-25-9-7-19/h3-4,11,16H,2,5-10,12-13H2,1H3. The minimum atomic E-state index is -0.421. The maximum Gasteiger partial charge on any atom is 0.273 e. The molecule has 26 heavy (non-hydrogen) atoms. The molecule has 1 aromatic rings. The smallest absolute Gasteiger partial charge is 0.273 e. The number of hydrogen-bond acceptors (Lipinski definition) is 6. The largest absolute Gasteiger partial charge is 0.379 e. The summed E-state index contributed by atoms with van der Waals surface area (Å²) in [5.41, 5.74) is 0.980. The minimum Gasteiger partial charge on any atom is -0.379 e. The molecule has 0 aromatic heterocycles. The van der Waals surface area contributed by atoms with E-state index in [-0.39, 0.29) is 17.6 Å². The first kappa shape index (κ1) is 19.1. The fourth-order valence-electron chi connectivity index (χ4n) is 3.43. The Hall–Kier alpha value is -1.64. The molecule has 0 radical (unpaired) electrons. The van der Waals surface area contributed by atoms with Crippen molar-refractivity contribution in [2.24, 2.45) is 0 Å². The van der Waals surface area contributed by atoms with Crippen molar-refractivity contribution in [2.75, 3.05) is 50.9 Å². The lowest BCUT2D eigenvalue weighted by Gasteiger charge is -2.35. The number of morpholine rings is 1. The summed E-state index contributed by atoms with van der Waals surface area (Å²) in [7, 11) is 0. The summed E-state index contributed by atoms with van der Waals surface area (Å²) in [6, 6.07) is 4.90. The molecule has 2 aliphatic heterocycles. The van der Waals surface area contributed by atoms with Gasteiger partial charge in [-0.1, -0.05) is 6.07 Å². The molecule has 0 saturated carbocycles. The van der Waals surface area contributed by atoms with E-state index < -0.39 is 4.92 Å². The molecule has 3 rings (SSSR count). The maximum atomic E-state index is 13.1. The Balaban J connectivity index is 1.79. The number of nitrogens with zero attached hydrogens (tertiary/aromatic N) is 3. The molecule has 2 saturated heterocycles. The van der Waals surface area contributed by atoms with Gasteiger partial charge in [-0.25, -0.2) is 0 Å². The quantitative estimate of drug-likeness (QED) is 0.590. The van der Waals surface area contributed by atoms with Crippen molar-refractivity contribution in [1.29, 1.82) is 0 Å². The molecular formula is C18H25N3O4S. The van der Waals surface area contributed by atoms with Crippen molar-refractivity contribution < 1.29 is 14.5 Å². The molecule has 0 aliphatic carbocycles. The zero-order valence-corrected chi connectivity index (χ0v) is 15.9. The average Bonchev–Trinajstić information content (AvgIpc) is 2.87. The topological polar surface area (TPSA) is 75.9 Å². The zero-order valence-electron chi connectivity index (χ0n) is 15.1. The van der Waals surface area contributed by atoms with Gasteiger partial charge in [0, 0.05) is 49.1 Å². The van der Waals surface area contributed by atoms with Crippen molar-refractivity contribution in [3.8, 4) is 0 Å². The molecule has 1 unspecified atom stereocenters. The third-order valence-electron chi connectivity index (χ3n) is 4.92. The molecule has 2 aliphatic rings. The lowest BCUT2D eigenvalue weighted by molar-refractivity contribution is -0.385. The SMILES string of the molecule is Cc1ccc(C(=O)N2CCCSCC2CN2CCOCC2)cc1[N+](=O)[O-]. The Kier molecular flexibility index (Phi) is 6.50. The number of nitro benzene ring substituents is 1. The first-order valence-corrected chi connectivity index (χ1v) is 10.2. The molecule has 7 nitrogen and oxygen atoms in total. The van der Waals surface area contributed by atoms with Crippen LogP contribution in [0, 0.1) is 17.0 Å². The number of hydrogen-bond donors (Lipinski definition) is 0. The van der Waals surface area contributed by atoms with Crippen LogP contribution in [0.1, 0.15) is 22.3 Å². The zero-order chi connectivity index (χ0) is 18.5. The van der Waals surface area contributed by atoms with Gasteiger partial charge in [0.05, 0.1) is 24.2 Å². The second-order valence-electron chi connectivity index (χ2n) is 6.75. The monoisotopic (exact) mass is 379 g/mol. The van der Waals surface area contributed by atoms with Gasteiger partial charge in [0.15, 0.2) is 0 Å². The van der Waals surface area contributed by atoms with Crippen molar-refractivity contribution in [2.45, 2.75) is 19.4 Å². The van der Waals surface area contributed by atoms with E-state index >= 15 is 0 Å². The molecular weight excluding hydrogens is 354 g/mol. The second-order valence-corrected chi connectivity index (χ2v) is 7.90. The van der Waals surface area contributed by atoms with Crippen LogP contribution in [0.3, 0.4) is 0 Å². The van der Waals surface area contributed by atoms with E-state index in [1.165, 1.54) is 6.07 Å². The lowest BCUT2D eigenvalue weighted by Crippen LogP contribution is -2.50. The van der Waals surface area contributed by atoms with Gasteiger partial charge in [-0.3, -0.25) is 19.8 Å². The lowest BCUT2D eigenvalue weighted by atomic mass is 10.1. The fourth-order valence-corrected chi connectivity index (χ4v) is 4.49. The minimum absolute atomic E-state index is 0.00442. The van der Waals surface area contributed by atoms with Gasteiger partial charge < -0.3 is 9.64 Å². The van der Waals surface area contributed by atoms with Crippen molar-refractivity contribution in [3.63, 3.8) is 0 Å². The van der Waals surface area contributed by atoms with Gasteiger partial charge in [0.1, 0.15) is 0 Å². The van der Waals surface area contributed by atoms with Crippen LogP contribution in [0.5, 0.6) is 0 Å². The highest BCUT2D eigenvalue weighted by Crippen LogP contribution is 2.24. The summed E-state index contributed by atoms with van der Waals surface area (Å²) in [6.07, 6.45) is 0.948. The summed E-state index contributed by atoms with van der Waals surface area (Å²) in [6.45, 7) is 6.46. The van der Waals surface area contributed by atoms with E-state index in [1.807, 2.05) is 16.7 Å². The molecule has 1 aromatic carbocycles. The van der Waals surface area contributed by atoms with Gasteiger partial charge in [-0.15, -0.1) is 0 Å². The van der Waals surface area contributed by atoms with Gasteiger partial charge in [-0.05, 0) is 25.2 Å². The Labute approximate surface area is 157 Å². The highest BCUT2D eigenvalue weighted by Gasteiger charge is 2.29.